The Balaban J connectivity index is 1.86. The van der Waals surface area contributed by atoms with Gasteiger partial charge < -0.3 is 10.0 Å². The molecule has 0 radical (unpaired) electrons. The van der Waals surface area contributed by atoms with Gasteiger partial charge in [0.05, 0.1) is 23.7 Å². The normalized spacial score (nSPS) is 16.3. The number of aliphatic hydroxyl groups excluding tert-OH is 1. The van der Waals surface area contributed by atoms with E-state index >= 15 is 0 Å². The van der Waals surface area contributed by atoms with Crippen molar-refractivity contribution in [3.05, 3.63) is 87.8 Å². The molecule has 1 aliphatic rings. The lowest BCUT2D eigenvalue weighted by molar-refractivity contribution is 0.0679. The number of rotatable bonds is 3. The van der Waals surface area contributed by atoms with Crippen LogP contribution in [0.4, 0.5) is 0 Å². The Kier molecular flexibility index (Phi) is 5.00. The minimum atomic E-state index is -0.210. The summed E-state index contributed by atoms with van der Waals surface area (Å²) in [5.74, 6) is -0.182. The van der Waals surface area contributed by atoms with E-state index in [9.17, 15) is 14.7 Å². The van der Waals surface area contributed by atoms with Gasteiger partial charge in [-0.1, -0.05) is 48.0 Å². The van der Waals surface area contributed by atoms with Crippen LogP contribution in [0.15, 0.2) is 71.7 Å². The van der Waals surface area contributed by atoms with Gasteiger partial charge in [0.2, 0.25) is 0 Å². The first-order valence-electron chi connectivity index (χ1n) is 10.3. The highest BCUT2D eigenvalue weighted by Gasteiger charge is 2.31. The van der Waals surface area contributed by atoms with E-state index in [2.05, 4.69) is 0 Å². The number of hydrogen-bond donors (Lipinski definition) is 1. The maximum atomic E-state index is 13.7. The summed E-state index contributed by atoms with van der Waals surface area (Å²) in [6, 6.07) is 18.2. The standard InChI is InChI=1S/C25H21ClN2O3/c26-18-9-8-17-10-12-28-23(20(17)13-18)22(25(31)27-11-4-7-19(27)15-29)14-21(24(28)30)16-5-2-1-3-6-16/h1-3,5-6,8-10,12-14,19,29H,4,7,11,15H2/t19-/m0/s1. The van der Waals surface area contributed by atoms with Crippen molar-refractivity contribution < 1.29 is 9.90 Å². The van der Waals surface area contributed by atoms with Crippen molar-refractivity contribution in [1.29, 1.82) is 0 Å². The van der Waals surface area contributed by atoms with E-state index in [1.807, 2.05) is 42.5 Å². The molecule has 0 spiro atoms. The molecule has 31 heavy (non-hydrogen) atoms. The number of carbonyl (C=O) groups is 1. The van der Waals surface area contributed by atoms with Crippen molar-refractivity contribution in [2.75, 3.05) is 13.2 Å². The van der Waals surface area contributed by atoms with Crippen molar-refractivity contribution >= 4 is 33.8 Å². The first-order chi connectivity index (χ1) is 15.1. The molecule has 156 valence electrons. The third kappa shape index (κ3) is 3.30. The monoisotopic (exact) mass is 432 g/mol. The van der Waals surface area contributed by atoms with Crippen LogP contribution in [0.2, 0.25) is 5.02 Å². The summed E-state index contributed by atoms with van der Waals surface area (Å²) in [5.41, 5.74) is 1.99. The van der Waals surface area contributed by atoms with Crippen LogP contribution in [0.25, 0.3) is 27.4 Å². The number of aromatic nitrogens is 1. The fraction of sp³-hybridized carbons (Fsp3) is 0.200. The molecular weight excluding hydrogens is 412 g/mol. The number of hydrogen-bond acceptors (Lipinski definition) is 3. The molecule has 1 fully saturated rings. The van der Waals surface area contributed by atoms with Crippen LogP contribution in [0.3, 0.4) is 0 Å². The molecule has 1 saturated heterocycles. The molecule has 1 aliphatic heterocycles. The number of nitrogens with zero attached hydrogens (tertiary/aromatic N) is 2. The number of pyridine rings is 2. The average Bonchev–Trinajstić information content (AvgIpc) is 3.28. The fourth-order valence-electron chi connectivity index (χ4n) is 4.52. The average molecular weight is 433 g/mol. The zero-order chi connectivity index (χ0) is 21.5. The van der Waals surface area contributed by atoms with Gasteiger partial charge >= 0.3 is 0 Å². The minimum Gasteiger partial charge on any atom is -0.394 e. The summed E-state index contributed by atoms with van der Waals surface area (Å²) < 4.78 is 1.54. The molecule has 5 nitrogen and oxygen atoms in total. The van der Waals surface area contributed by atoms with Crippen LogP contribution >= 0.6 is 11.6 Å². The van der Waals surface area contributed by atoms with Crippen molar-refractivity contribution in [2.24, 2.45) is 0 Å². The first kappa shape index (κ1) is 19.8. The third-order valence-corrected chi connectivity index (χ3v) is 6.31. The topological polar surface area (TPSA) is 62.0 Å². The highest BCUT2D eigenvalue weighted by atomic mass is 35.5. The van der Waals surface area contributed by atoms with Crippen molar-refractivity contribution in [1.82, 2.24) is 9.30 Å². The van der Waals surface area contributed by atoms with Gasteiger partial charge in [-0.15, -0.1) is 0 Å². The van der Waals surface area contributed by atoms with Gasteiger partial charge in [0.15, 0.2) is 0 Å². The van der Waals surface area contributed by atoms with Gasteiger partial charge in [-0.05, 0) is 48.1 Å². The molecule has 0 bridgehead atoms. The summed E-state index contributed by atoms with van der Waals surface area (Å²) in [5, 5.41) is 11.9. The van der Waals surface area contributed by atoms with E-state index in [0.29, 0.717) is 28.2 Å². The molecule has 1 amide bonds. The van der Waals surface area contributed by atoms with Crippen LogP contribution in [0, 0.1) is 0 Å². The smallest absolute Gasteiger partial charge is 0.263 e. The molecule has 1 atom stereocenters. The van der Waals surface area contributed by atoms with Crippen LogP contribution < -0.4 is 5.56 Å². The fourth-order valence-corrected chi connectivity index (χ4v) is 4.69. The van der Waals surface area contributed by atoms with Gasteiger partial charge in [-0.2, -0.15) is 0 Å². The van der Waals surface area contributed by atoms with Crippen molar-refractivity contribution in [2.45, 2.75) is 18.9 Å². The predicted molar refractivity (Wildman–Crippen MR) is 123 cm³/mol. The van der Waals surface area contributed by atoms with E-state index in [1.165, 1.54) is 4.40 Å². The summed E-state index contributed by atoms with van der Waals surface area (Å²) in [6.07, 6.45) is 3.33. The second kappa shape index (κ2) is 7.84. The van der Waals surface area contributed by atoms with Gasteiger partial charge in [0, 0.05) is 28.7 Å². The molecular formula is C25H21ClN2O3. The molecule has 3 heterocycles. The number of aliphatic hydroxyl groups is 1. The van der Waals surface area contributed by atoms with E-state index in [-0.39, 0.29) is 24.1 Å². The van der Waals surface area contributed by atoms with Gasteiger partial charge in [0.25, 0.3) is 11.5 Å². The van der Waals surface area contributed by atoms with Crippen LogP contribution in [-0.4, -0.2) is 39.5 Å². The van der Waals surface area contributed by atoms with Gasteiger partial charge in [0.1, 0.15) is 0 Å². The second-order valence-electron chi connectivity index (χ2n) is 7.89. The summed E-state index contributed by atoms with van der Waals surface area (Å²) in [4.78, 5) is 28.9. The Morgan fingerprint density at radius 2 is 1.90 bits per heavy atom. The Morgan fingerprint density at radius 3 is 2.68 bits per heavy atom. The second-order valence-corrected chi connectivity index (χ2v) is 8.32. The number of fused-ring (bicyclic) bond motifs is 3. The Morgan fingerprint density at radius 1 is 1.10 bits per heavy atom. The number of carbonyl (C=O) groups excluding carboxylic acids is 1. The number of likely N-dealkylation sites (tertiary alicyclic amines) is 1. The van der Waals surface area contributed by atoms with Crippen LogP contribution in [-0.2, 0) is 0 Å². The molecule has 0 unspecified atom stereocenters. The van der Waals surface area contributed by atoms with Crippen LogP contribution in [0.1, 0.15) is 23.2 Å². The summed E-state index contributed by atoms with van der Waals surface area (Å²) >= 11 is 6.27. The SMILES string of the molecule is O=C(c1cc(-c2ccccc2)c(=O)n2ccc3ccc(Cl)cc3c12)N1CCC[C@H]1CO. The third-order valence-electron chi connectivity index (χ3n) is 6.07. The maximum absolute atomic E-state index is 13.7. The summed E-state index contributed by atoms with van der Waals surface area (Å²) in [7, 11) is 0. The van der Waals surface area contributed by atoms with E-state index in [0.717, 1.165) is 29.2 Å². The molecule has 6 heteroatoms. The molecule has 4 aromatic rings. The van der Waals surface area contributed by atoms with E-state index in [1.54, 1.807) is 29.3 Å². The zero-order valence-corrected chi connectivity index (χ0v) is 17.5. The lowest BCUT2D eigenvalue weighted by atomic mass is 10.0. The summed E-state index contributed by atoms with van der Waals surface area (Å²) in [6.45, 7) is 0.510. The lowest BCUT2D eigenvalue weighted by Gasteiger charge is -2.24. The number of halogens is 1. The van der Waals surface area contributed by atoms with Gasteiger partial charge in [-0.25, -0.2) is 0 Å². The van der Waals surface area contributed by atoms with E-state index < -0.39 is 0 Å². The molecule has 1 N–H and O–H groups in total. The Labute approximate surface area is 184 Å². The molecule has 5 rings (SSSR count). The Hall–Kier alpha value is -3.15. The maximum Gasteiger partial charge on any atom is 0.263 e. The van der Waals surface area contributed by atoms with Crippen LogP contribution in [0.5, 0.6) is 0 Å². The molecule has 2 aromatic carbocycles. The van der Waals surface area contributed by atoms with Crippen molar-refractivity contribution in [3.63, 3.8) is 0 Å². The number of benzene rings is 2. The first-order valence-corrected chi connectivity index (χ1v) is 10.7. The van der Waals surface area contributed by atoms with Crippen molar-refractivity contribution in [3.8, 4) is 11.1 Å². The highest BCUT2D eigenvalue weighted by Crippen LogP contribution is 2.30. The Bertz CT molecular complexity index is 1360. The minimum absolute atomic E-state index is 0.0748. The highest BCUT2D eigenvalue weighted by molar-refractivity contribution is 6.31. The molecule has 2 aromatic heterocycles. The zero-order valence-electron chi connectivity index (χ0n) is 16.8. The van der Waals surface area contributed by atoms with Gasteiger partial charge in [-0.3, -0.25) is 14.0 Å². The molecule has 0 saturated carbocycles. The molecule has 0 aliphatic carbocycles. The number of amides is 1. The predicted octanol–water partition coefficient (Wildman–Crippen LogP) is 4.37. The largest absolute Gasteiger partial charge is 0.394 e. The lowest BCUT2D eigenvalue weighted by Crippen LogP contribution is -2.38. The quantitative estimate of drug-likeness (QED) is 0.489. The van der Waals surface area contributed by atoms with E-state index in [4.69, 9.17) is 11.6 Å².